The van der Waals surface area contributed by atoms with E-state index in [1.54, 1.807) is 5.56 Å². The maximum Gasteiger partial charge on any atom is 0.209 e. The highest BCUT2D eigenvalue weighted by Crippen LogP contribution is 2.49. The number of benzene rings is 2. The molecule has 2 unspecified atom stereocenters. The second-order valence-electron chi connectivity index (χ2n) is 9.72. The molecule has 2 nitrogen and oxygen atoms in total. The van der Waals surface area contributed by atoms with E-state index in [0.29, 0.717) is 0 Å². The van der Waals surface area contributed by atoms with Crippen LogP contribution in [-0.2, 0) is 5.41 Å². The number of hydrogen-bond acceptors (Lipinski definition) is 1. The first kappa shape index (κ1) is 22.6. The largest absolute Gasteiger partial charge is 1.00 e. The van der Waals surface area contributed by atoms with Crippen LogP contribution in [0, 0.1) is 0 Å². The van der Waals surface area contributed by atoms with E-state index in [2.05, 4.69) is 91.8 Å². The van der Waals surface area contributed by atoms with Gasteiger partial charge in [0.05, 0.1) is 5.41 Å². The molecular formula is C28H35IN2. The topological polar surface area (TPSA) is 6.25 Å². The van der Waals surface area contributed by atoms with Crippen molar-refractivity contribution in [2.75, 3.05) is 18.0 Å². The lowest BCUT2D eigenvalue weighted by atomic mass is 9.81. The van der Waals surface area contributed by atoms with Crippen LogP contribution in [0.25, 0.3) is 6.08 Å². The SMILES string of the molecule is CCCN1c2ccc(/C=C/C3=[N+](CC)c4ccccc4C3(C)C)cc2C2CCCC21.[I-]. The monoisotopic (exact) mass is 526 g/mol. The third-order valence-corrected chi connectivity index (χ3v) is 7.65. The zero-order valence-corrected chi connectivity index (χ0v) is 21.5. The van der Waals surface area contributed by atoms with Gasteiger partial charge in [-0.25, -0.2) is 0 Å². The van der Waals surface area contributed by atoms with Gasteiger partial charge in [0.25, 0.3) is 0 Å². The average molecular weight is 527 g/mol. The first-order chi connectivity index (χ1) is 14.6. The molecule has 1 aliphatic carbocycles. The molecule has 0 saturated heterocycles. The Labute approximate surface area is 205 Å². The fourth-order valence-electron chi connectivity index (χ4n) is 6.27. The van der Waals surface area contributed by atoms with E-state index in [9.17, 15) is 0 Å². The molecule has 164 valence electrons. The van der Waals surface area contributed by atoms with Crippen molar-refractivity contribution in [3.63, 3.8) is 0 Å². The number of rotatable bonds is 5. The van der Waals surface area contributed by atoms with Gasteiger partial charge < -0.3 is 28.9 Å². The van der Waals surface area contributed by atoms with Crippen LogP contribution in [0.3, 0.4) is 0 Å². The number of nitrogens with zero attached hydrogens (tertiary/aromatic N) is 2. The van der Waals surface area contributed by atoms with Crippen LogP contribution in [0.5, 0.6) is 0 Å². The van der Waals surface area contributed by atoms with Crippen molar-refractivity contribution in [3.8, 4) is 0 Å². The number of halogens is 1. The molecular weight excluding hydrogens is 491 g/mol. The summed E-state index contributed by atoms with van der Waals surface area (Å²) in [4.78, 5) is 2.70. The van der Waals surface area contributed by atoms with E-state index in [0.717, 1.165) is 18.5 Å². The summed E-state index contributed by atoms with van der Waals surface area (Å²) in [6.45, 7) is 11.5. The normalized spacial score (nSPS) is 23.2. The number of para-hydroxylation sites is 1. The Morgan fingerprint density at radius 2 is 1.87 bits per heavy atom. The van der Waals surface area contributed by atoms with Crippen LogP contribution in [-0.4, -0.2) is 29.4 Å². The smallest absolute Gasteiger partial charge is 0.209 e. The van der Waals surface area contributed by atoms with Crippen molar-refractivity contribution < 1.29 is 28.6 Å². The molecule has 1 saturated carbocycles. The minimum absolute atomic E-state index is 0. The second-order valence-corrected chi connectivity index (χ2v) is 9.72. The zero-order valence-electron chi connectivity index (χ0n) is 19.4. The third-order valence-electron chi connectivity index (χ3n) is 7.65. The highest BCUT2D eigenvalue weighted by Gasteiger charge is 2.44. The second kappa shape index (κ2) is 8.73. The Kier molecular flexibility index (Phi) is 6.35. The minimum atomic E-state index is 0. The predicted molar refractivity (Wildman–Crippen MR) is 128 cm³/mol. The Morgan fingerprint density at radius 1 is 1.06 bits per heavy atom. The van der Waals surface area contributed by atoms with Crippen LogP contribution < -0.4 is 28.9 Å². The van der Waals surface area contributed by atoms with Gasteiger partial charge in [-0.15, -0.1) is 0 Å². The molecule has 0 bridgehead atoms. The summed E-state index contributed by atoms with van der Waals surface area (Å²) >= 11 is 0. The molecule has 0 spiro atoms. The molecule has 0 aromatic heterocycles. The Bertz CT molecular complexity index is 1030. The molecule has 2 atom stereocenters. The highest BCUT2D eigenvalue weighted by atomic mass is 127. The fourth-order valence-corrected chi connectivity index (χ4v) is 6.27. The van der Waals surface area contributed by atoms with E-state index in [-0.39, 0.29) is 29.4 Å². The van der Waals surface area contributed by atoms with E-state index in [1.165, 1.54) is 60.4 Å². The molecule has 2 aromatic carbocycles. The maximum atomic E-state index is 2.70. The fraction of sp³-hybridized carbons (Fsp3) is 0.464. The standard InChI is InChI=1S/C28H35N2.HI/c1-5-18-30-24-13-9-10-21(24)22-19-20(14-16-25(22)30)15-17-27-28(3,4)23-11-7-8-12-26(23)29(27)6-2;/h7-8,11-12,14-17,19,21,24H,5-6,9-10,13,18H2,1-4H3;1H/q+1;/p-1. The van der Waals surface area contributed by atoms with Crippen molar-refractivity contribution in [1.82, 2.24) is 0 Å². The Hall–Kier alpha value is -1.62. The Morgan fingerprint density at radius 3 is 2.65 bits per heavy atom. The van der Waals surface area contributed by atoms with Crippen molar-refractivity contribution in [1.29, 1.82) is 0 Å². The van der Waals surface area contributed by atoms with Gasteiger partial charge >= 0.3 is 0 Å². The van der Waals surface area contributed by atoms with E-state index in [4.69, 9.17) is 0 Å². The van der Waals surface area contributed by atoms with E-state index in [1.807, 2.05) is 0 Å². The van der Waals surface area contributed by atoms with Crippen molar-refractivity contribution >= 4 is 23.2 Å². The van der Waals surface area contributed by atoms with Gasteiger partial charge in [0, 0.05) is 41.9 Å². The lowest BCUT2D eigenvalue weighted by Gasteiger charge is -2.26. The first-order valence-electron chi connectivity index (χ1n) is 11.9. The summed E-state index contributed by atoms with van der Waals surface area (Å²) in [7, 11) is 0. The number of anilines is 1. The molecule has 1 fully saturated rings. The first-order valence-corrected chi connectivity index (χ1v) is 11.9. The van der Waals surface area contributed by atoms with Crippen LogP contribution in [0.4, 0.5) is 11.4 Å². The van der Waals surface area contributed by atoms with Crippen LogP contribution >= 0.6 is 0 Å². The quantitative estimate of drug-likeness (QED) is 0.426. The van der Waals surface area contributed by atoms with Crippen LogP contribution in [0.1, 0.15) is 76.0 Å². The minimum Gasteiger partial charge on any atom is -1.00 e. The average Bonchev–Trinajstić information content (AvgIpc) is 3.39. The van der Waals surface area contributed by atoms with Gasteiger partial charge in [-0.3, -0.25) is 0 Å². The van der Waals surface area contributed by atoms with Gasteiger partial charge in [-0.2, -0.15) is 4.58 Å². The molecule has 3 heteroatoms. The van der Waals surface area contributed by atoms with Crippen molar-refractivity contribution in [2.24, 2.45) is 0 Å². The summed E-state index contributed by atoms with van der Waals surface area (Å²) in [5, 5.41) is 0. The molecule has 3 aliphatic rings. The molecule has 2 aliphatic heterocycles. The molecule has 5 rings (SSSR count). The molecule has 0 radical (unpaired) electrons. The molecule has 2 heterocycles. The summed E-state index contributed by atoms with van der Waals surface area (Å²) in [5.41, 5.74) is 8.67. The molecule has 0 amide bonds. The molecule has 31 heavy (non-hydrogen) atoms. The predicted octanol–water partition coefficient (Wildman–Crippen LogP) is 3.67. The summed E-state index contributed by atoms with van der Waals surface area (Å²) in [6.07, 6.45) is 10.0. The number of allylic oxidation sites excluding steroid dienone is 1. The Balaban J connectivity index is 0.00000231. The molecule has 2 aromatic rings. The van der Waals surface area contributed by atoms with Crippen LogP contribution in [0.2, 0.25) is 0 Å². The summed E-state index contributed by atoms with van der Waals surface area (Å²) in [6, 6.07) is 16.8. The van der Waals surface area contributed by atoms with Gasteiger partial charge in [0.15, 0.2) is 5.71 Å². The lowest BCUT2D eigenvalue weighted by Crippen LogP contribution is -3.00. The summed E-state index contributed by atoms with van der Waals surface area (Å²) in [5.74, 6) is 0.742. The van der Waals surface area contributed by atoms with E-state index >= 15 is 0 Å². The number of hydrogen-bond donors (Lipinski definition) is 0. The zero-order chi connectivity index (χ0) is 20.9. The van der Waals surface area contributed by atoms with Gasteiger partial charge in [-0.1, -0.05) is 37.6 Å². The van der Waals surface area contributed by atoms with Crippen molar-refractivity contribution in [3.05, 3.63) is 65.2 Å². The van der Waals surface area contributed by atoms with Gasteiger partial charge in [0.1, 0.15) is 6.54 Å². The number of fused-ring (bicyclic) bond motifs is 4. The third kappa shape index (κ3) is 3.57. The van der Waals surface area contributed by atoms with Gasteiger partial charge in [0.2, 0.25) is 5.69 Å². The van der Waals surface area contributed by atoms with Crippen LogP contribution in [0.15, 0.2) is 48.5 Å². The van der Waals surface area contributed by atoms with E-state index < -0.39 is 0 Å². The summed E-state index contributed by atoms with van der Waals surface area (Å²) < 4.78 is 2.48. The lowest BCUT2D eigenvalue weighted by molar-refractivity contribution is -0.433. The van der Waals surface area contributed by atoms with Gasteiger partial charge in [-0.05, 0) is 69.4 Å². The molecule has 0 N–H and O–H groups in total. The van der Waals surface area contributed by atoms with Crippen molar-refractivity contribution in [2.45, 2.75) is 70.8 Å². The maximum absolute atomic E-state index is 2.70. The highest BCUT2D eigenvalue weighted by molar-refractivity contribution is 6.05.